The fraction of sp³-hybridized carbons (Fsp3) is 0.0500. The number of hydrogen-bond donors (Lipinski definition) is 1. The van der Waals surface area contributed by atoms with Crippen molar-refractivity contribution >= 4 is 35.0 Å². The molecule has 0 aliphatic carbocycles. The smallest absolute Gasteiger partial charge is 0.234 e. The quantitative estimate of drug-likeness (QED) is 0.372. The Kier molecular flexibility index (Phi) is 5.83. The molecule has 0 saturated carbocycles. The molecule has 0 fully saturated rings. The van der Waals surface area contributed by atoms with Crippen LogP contribution in [0.25, 0.3) is 17.1 Å². The highest BCUT2D eigenvalue weighted by Crippen LogP contribution is 2.28. The van der Waals surface area contributed by atoms with E-state index in [1.807, 2.05) is 47.0 Å². The summed E-state index contributed by atoms with van der Waals surface area (Å²) in [4.78, 5) is 20.4. The van der Waals surface area contributed by atoms with Gasteiger partial charge in [-0.25, -0.2) is 4.98 Å². The lowest BCUT2D eigenvalue weighted by Crippen LogP contribution is -2.15. The topological polar surface area (TPSA) is 85.6 Å². The van der Waals surface area contributed by atoms with E-state index in [2.05, 4.69) is 25.5 Å². The maximum atomic E-state index is 12.4. The fourth-order valence-corrected chi connectivity index (χ4v) is 3.58. The maximum Gasteiger partial charge on any atom is 0.234 e. The van der Waals surface area contributed by atoms with E-state index in [1.165, 1.54) is 11.8 Å². The zero-order valence-electron chi connectivity index (χ0n) is 15.1. The number of carbonyl (C=O) groups is 1. The zero-order chi connectivity index (χ0) is 20.1. The molecule has 3 heterocycles. The van der Waals surface area contributed by atoms with Crippen molar-refractivity contribution in [1.82, 2.24) is 24.7 Å². The van der Waals surface area contributed by atoms with Crippen LogP contribution in [-0.2, 0) is 4.79 Å². The van der Waals surface area contributed by atoms with Crippen LogP contribution in [0.3, 0.4) is 0 Å². The summed E-state index contributed by atoms with van der Waals surface area (Å²) in [6.07, 6.45) is 4.98. The number of thioether (sulfide) groups is 1. The normalized spacial score (nSPS) is 10.7. The summed E-state index contributed by atoms with van der Waals surface area (Å²) in [6.45, 7) is 0. The molecule has 7 nitrogen and oxygen atoms in total. The van der Waals surface area contributed by atoms with E-state index in [-0.39, 0.29) is 16.8 Å². The number of para-hydroxylation sites is 1. The Balaban J connectivity index is 1.58. The number of carbonyl (C=O) groups excluding carboxylic acids is 1. The van der Waals surface area contributed by atoms with Crippen molar-refractivity contribution in [2.75, 3.05) is 11.1 Å². The van der Waals surface area contributed by atoms with Gasteiger partial charge < -0.3 is 5.32 Å². The number of nitrogens with zero attached hydrogens (tertiary/aromatic N) is 5. The molecule has 0 aliphatic heterocycles. The third-order valence-corrected chi connectivity index (χ3v) is 5.18. The first kappa shape index (κ1) is 19.1. The van der Waals surface area contributed by atoms with Crippen LogP contribution in [-0.4, -0.2) is 36.4 Å². The molecule has 1 aromatic carbocycles. The second kappa shape index (κ2) is 8.85. The van der Waals surface area contributed by atoms with Gasteiger partial charge in [-0.3, -0.25) is 14.3 Å². The van der Waals surface area contributed by atoms with E-state index in [1.54, 1.807) is 30.7 Å². The molecule has 0 saturated heterocycles. The lowest BCUT2D eigenvalue weighted by Gasteiger charge is -2.10. The minimum absolute atomic E-state index is 0.145. The van der Waals surface area contributed by atoms with Crippen molar-refractivity contribution in [2.45, 2.75) is 5.16 Å². The van der Waals surface area contributed by atoms with E-state index < -0.39 is 0 Å². The molecule has 3 aromatic heterocycles. The number of anilines is 1. The van der Waals surface area contributed by atoms with Crippen molar-refractivity contribution < 1.29 is 4.79 Å². The van der Waals surface area contributed by atoms with E-state index in [0.717, 1.165) is 11.3 Å². The van der Waals surface area contributed by atoms with Gasteiger partial charge in [0, 0.05) is 29.8 Å². The van der Waals surface area contributed by atoms with Gasteiger partial charge in [-0.05, 0) is 36.4 Å². The van der Waals surface area contributed by atoms with Crippen LogP contribution in [0, 0.1) is 0 Å². The maximum absolute atomic E-state index is 12.4. The molecule has 1 amide bonds. The predicted molar refractivity (Wildman–Crippen MR) is 113 cm³/mol. The van der Waals surface area contributed by atoms with Crippen molar-refractivity contribution in [3.05, 3.63) is 78.3 Å². The SMILES string of the molecule is O=C(CSc1nnc(-c2ccncc2)n1-c1ccccc1)Nc1cccnc1Cl. The standard InChI is InChI=1S/C20H15ClN6OS/c21-18-16(7-4-10-23-18)24-17(28)13-29-20-26-25-19(14-8-11-22-12-9-14)27(20)15-5-2-1-3-6-15/h1-12H,13H2,(H,24,28). The van der Waals surface area contributed by atoms with Gasteiger partial charge in [0.2, 0.25) is 5.91 Å². The van der Waals surface area contributed by atoms with Gasteiger partial charge in [-0.2, -0.15) is 0 Å². The van der Waals surface area contributed by atoms with Gasteiger partial charge in [-0.1, -0.05) is 41.6 Å². The van der Waals surface area contributed by atoms with E-state index >= 15 is 0 Å². The zero-order valence-corrected chi connectivity index (χ0v) is 16.6. The van der Waals surface area contributed by atoms with Crippen LogP contribution < -0.4 is 5.32 Å². The second-order valence-electron chi connectivity index (χ2n) is 5.89. The summed E-state index contributed by atoms with van der Waals surface area (Å²) in [7, 11) is 0. The Morgan fingerprint density at radius 3 is 2.55 bits per heavy atom. The second-order valence-corrected chi connectivity index (χ2v) is 7.19. The molecule has 144 valence electrons. The van der Waals surface area contributed by atoms with E-state index in [4.69, 9.17) is 11.6 Å². The molecule has 4 rings (SSSR count). The highest BCUT2D eigenvalue weighted by atomic mass is 35.5. The number of aromatic nitrogens is 5. The van der Waals surface area contributed by atoms with Crippen molar-refractivity contribution in [3.8, 4) is 17.1 Å². The molecule has 0 atom stereocenters. The van der Waals surface area contributed by atoms with Crippen LogP contribution in [0.15, 0.2) is 78.3 Å². The highest BCUT2D eigenvalue weighted by Gasteiger charge is 2.17. The first-order chi connectivity index (χ1) is 14.2. The first-order valence-corrected chi connectivity index (χ1v) is 10.0. The molecule has 29 heavy (non-hydrogen) atoms. The van der Waals surface area contributed by atoms with Crippen molar-refractivity contribution in [1.29, 1.82) is 0 Å². The van der Waals surface area contributed by atoms with Gasteiger partial charge in [0.05, 0.1) is 11.4 Å². The van der Waals surface area contributed by atoms with Gasteiger partial charge in [0.15, 0.2) is 16.1 Å². The van der Waals surface area contributed by atoms with E-state index in [0.29, 0.717) is 16.7 Å². The fourth-order valence-electron chi connectivity index (χ4n) is 2.66. The summed E-state index contributed by atoms with van der Waals surface area (Å²) in [5.41, 5.74) is 2.26. The first-order valence-electron chi connectivity index (χ1n) is 8.67. The Bertz CT molecular complexity index is 1120. The van der Waals surface area contributed by atoms with Crippen molar-refractivity contribution in [3.63, 3.8) is 0 Å². The lowest BCUT2D eigenvalue weighted by molar-refractivity contribution is -0.113. The monoisotopic (exact) mass is 422 g/mol. The van der Waals surface area contributed by atoms with Crippen LogP contribution in [0.5, 0.6) is 0 Å². The number of halogens is 1. The molecule has 9 heteroatoms. The van der Waals surface area contributed by atoms with Crippen LogP contribution >= 0.6 is 23.4 Å². The summed E-state index contributed by atoms with van der Waals surface area (Å²) in [5, 5.41) is 12.3. The third kappa shape index (κ3) is 4.44. The van der Waals surface area contributed by atoms with Gasteiger partial charge in [0.25, 0.3) is 0 Å². The summed E-state index contributed by atoms with van der Waals surface area (Å²) < 4.78 is 1.92. The van der Waals surface area contributed by atoms with Crippen LogP contribution in [0.2, 0.25) is 5.15 Å². The average molecular weight is 423 g/mol. The van der Waals surface area contributed by atoms with Gasteiger partial charge in [-0.15, -0.1) is 10.2 Å². The Morgan fingerprint density at radius 2 is 1.79 bits per heavy atom. The molecule has 0 unspecified atom stereocenters. The number of rotatable bonds is 6. The molecule has 0 radical (unpaired) electrons. The molecule has 0 spiro atoms. The number of nitrogens with one attached hydrogen (secondary N) is 1. The van der Waals surface area contributed by atoms with Gasteiger partial charge >= 0.3 is 0 Å². The molecular formula is C20H15ClN6OS. The molecule has 0 bridgehead atoms. The molecule has 4 aromatic rings. The number of benzene rings is 1. The third-order valence-electron chi connectivity index (χ3n) is 3.95. The minimum atomic E-state index is -0.210. The Hall–Kier alpha value is -3.23. The number of hydrogen-bond acceptors (Lipinski definition) is 6. The molecule has 0 aliphatic rings. The minimum Gasteiger partial charge on any atom is -0.323 e. The van der Waals surface area contributed by atoms with Crippen molar-refractivity contribution in [2.24, 2.45) is 0 Å². The lowest BCUT2D eigenvalue weighted by atomic mass is 10.2. The summed E-state index contributed by atoms with van der Waals surface area (Å²) >= 11 is 7.29. The van der Waals surface area contributed by atoms with Gasteiger partial charge in [0.1, 0.15) is 0 Å². The Labute approximate surface area is 176 Å². The van der Waals surface area contributed by atoms with Crippen LogP contribution in [0.4, 0.5) is 5.69 Å². The summed E-state index contributed by atoms with van der Waals surface area (Å²) in [5.74, 6) is 0.613. The molecular weight excluding hydrogens is 408 g/mol. The molecule has 1 N–H and O–H groups in total. The Morgan fingerprint density at radius 1 is 1.00 bits per heavy atom. The summed E-state index contributed by atoms with van der Waals surface area (Å²) in [6, 6.07) is 16.9. The largest absolute Gasteiger partial charge is 0.323 e. The number of amides is 1. The predicted octanol–water partition coefficient (Wildman–Crippen LogP) is 4.11. The van der Waals surface area contributed by atoms with Crippen LogP contribution in [0.1, 0.15) is 0 Å². The highest BCUT2D eigenvalue weighted by molar-refractivity contribution is 7.99. The number of pyridine rings is 2. The average Bonchev–Trinajstić information content (AvgIpc) is 3.19. The van der Waals surface area contributed by atoms with E-state index in [9.17, 15) is 4.79 Å².